The van der Waals surface area contributed by atoms with Crippen LogP contribution in [0.1, 0.15) is 17.0 Å². The molecule has 174 valence electrons. The molecular weight excluding hydrogens is 492 g/mol. The third kappa shape index (κ3) is 5.92. The number of halogens is 1. The van der Waals surface area contributed by atoms with Gasteiger partial charge >= 0.3 is 0 Å². The Morgan fingerprint density at radius 1 is 0.971 bits per heavy atom. The molecule has 1 fully saturated rings. The van der Waals surface area contributed by atoms with Gasteiger partial charge in [0.25, 0.3) is 0 Å². The van der Waals surface area contributed by atoms with E-state index in [1.54, 1.807) is 18.2 Å². The molecule has 3 aromatic carbocycles. The number of nitrogens with one attached hydrogen (secondary N) is 2. The van der Waals surface area contributed by atoms with E-state index >= 15 is 0 Å². The molecule has 6 nitrogen and oxygen atoms in total. The second-order valence-electron chi connectivity index (χ2n) is 8.51. The molecule has 4 N–H and O–H groups in total. The molecule has 2 unspecified atom stereocenters. The minimum absolute atomic E-state index is 0.0255. The maximum atomic E-state index is 13.0. The first-order chi connectivity index (χ1) is 16.4. The molecule has 1 heterocycles. The largest absolute Gasteiger partial charge is 0.397 e. The quantitative estimate of drug-likeness (QED) is 0.317. The summed E-state index contributed by atoms with van der Waals surface area (Å²) in [7, 11) is 2.04. The fraction of sp³-hybridized carbons (Fsp3) is 0.185. The van der Waals surface area contributed by atoms with Crippen molar-refractivity contribution in [3.05, 3.63) is 94.5 Å². The summed E-state index contributed by atoms with van der Waals surface area (Å²) in [6.45, 7) is 1.52. The number of rotatable bonds is 6. The van der Waals surface area contributed by atoms with Crippen LogP contribution in [0.3, 0.4) is 0 Å². The molecule has 2 amide bonds. The van der Waals surface area contributed by atoms with Crippen molar-refractivity contribution in [2.45, 2.75) is 5.92 Å². The number of hydrogen-bond acceptors (Lipinski definition) is 4. The Morgan fingerprint density at radius 2 is 1.68 bits per heavy atom. The zero-order chi connectivity index (χ0) is 24.1. The first-order valence-corrected chi connectivity index (χ1v) is 11.9. The van der Waals surface area contributed by atoms with E-state index in [0.717, 1.165) is 27.8 Å². The fourth-order valence-electron chi connectivity index (χ4n) is 4.18. The number of nitrogens with zero attached hydrogens (tertiary/aromatic N) is 1. The van der Waals surface area contributed by atoms with E-state index in [1.807, 2.05) is 67.7 Å². The van der Waals surface area contributed by atoms with Crippen LogP contribution in [0.4, 0.5) is 17.1 Å². The number of carbonyl (C=O) groups excluding carboxylic acids is 2. The summed E-state index contributed by atoms with van der Waals surface area (Å²) < 4.78 is 0.972. The maximum absolute atomic E-state index is 13.0. The Labute approximate surface area is 208 Å². The van der Waals surface area contributed by atoms with Gasteiger partial charge in [0.2, 0.25) is 11.8 Å². The molecule has 4 rings (SSSR count). The SMILES string of the molecule is CN1CC(C(=O)Nc2ccc(Br)cc2)C(c2ccc(/C=C/C(=O)Nc3ccccc3N)cc2)C1. The summed E-state index contributed by atoms with van der Waals surface area (Å²) in [6.07, 6.45) is 3.25. The van der Waals surface area contributed by atoms with E-state index in [9.17, 15) is 9.59 Å². The zero-order valence-electron chi connectivity index (χ0n) is 18.9. The van der Waals surface area contributed by atoms with E-state index < -0.39 is 0 Å². The number of para-hydroxylation sites is 2. The number of nitrogens with two attached hydrogens (primary N) is 1. The van der Waals surface area contributed by atoms with Gasteiger partial charge in [-0.2, -0.15) is 0 Å². The van der Waals surface area contributed by atoms with Crippen LogP contribution in [-0.4, -0.2) is 36.9 Å². The number of benzene rings is 3. The lowest BCUT2D eigenvalue weighted by Gasteiger charge is -2.19. The first-order valence-electron chi connectivity index (χ1n) is 11.1. The molecule has 0 aromatic heterocycles. The van der Waals surface area contributed by atoms with E-state index in [0.29, 0.717) is 17.9 Å². The van der Waals surface area contributed by atoms with Crippen LogP contribution in [0, 0.1) is 5.92 Å². The van der Waals surface area contributed by atoms with Gasteiger partial charge in [-0.05, 0) is 60.6 Å². The van der Waals surface area contributed by atoms with Gasteiger partial charge in [0.15, 0.2) is 0 Å². The highest BCUT2D eigenvalue weighted by molar-refractivity contribution is 9.10. The lowest BCUT2D eigenvalue weighted by atomic mass is 9.88. The molecule has 0 saturated carbocycles. The van der Waals surface area contributed by atoms with Gasteiger partial charge in [0.1, 0.15) is 0 Å². The molecule has 1 saturated heterocycles. The number of carbonyl (C=O) groups is 2. The predicted octanol–water partition coefficient (Wildman–Crippen LogP) is 4.97. The normalized spacial score (nSPS) is 18.2. The lowest BCUT2D eigenvalue weighted by Crippen LogP contribution is -2.28. The minimum Gasteiger partial charge on any atom is -0.397 e. The van der Waals surface area contributed by atoms with Crippen LogP contribution < -0.4 is 16.4 Å². The van der Waals surface area contributed by atoms with Gasteiger partial charge in [-0.25, -0.2) is 0 Å². The highest BCUT2D eigenvalue weighted by Gasteiger charge is 2.36. The van der Waals surface area contributed by atoms with E-state index in [-0.39, 0.29) is 23.7 Å². The number of anilines is 3. The molecule has 7 heteroatoms. The molecule has 34 heavy (non-hydrogen) atoms. The number of nitrogen functional groups attached to an aromatic ring is 1. The number of likely N-dealkylation sites (tertiary alicyclic amines) is 1. The predicted molar refractivity (Wildman–Crippen MR) is 141 cm³/mol. The van der Waals surface area contributed by atoms with Crippen molar-refractivity contribution in [1.29, 1.82) is 0 Å². The third-order valence-electron chi connectivity index (χ3n) is 5.96. The van der Waals surface area contributed by atoms with Gasteiger partial charge in [-0.3, -0.25) is 9.59 Å². The summed E-state index contributed by atoms with van der Waals surface area (Å²) >= 11 is 3.42. The molecule has 3 aromatic rings. The summed E-state index contributed by atoms with van der Waals surface area (Å²) in [4.78, 5) is 27.4. The van der Waals surface area contributed by atoms with E-state index in [4.69, 9.17) is 5.73 Å². The van der Waals surface area contributed by atoms with Gasteiger partial charge in [-0.1, -0.05) is 52.3 Å². The molecule has 2 atom stereocenters. The van der Waals surface area contributed by atoms with Crippen molar-refractivity contribution in [2.75, 3.05) is 36.5 Å². The molecule has 0 spiro atoms. The van der Waals surface area contributed by atoms with Crippen LogP contribution in [0.5, 0.6) is 0 Å². The topological polar surface area (TPSA) is 87.5 Å². The average Bonchev–Trinajstić information content (AvgIpc) is 3.23. The lowest BCUT2D eigenvalue weighted by molar-refractivity contribution is -0.119. The second-order valence-corrected chi connectivity index (χ2v) is 9.42. The number of hydrogen-bond donors (Lipinski definition) is 3. The first kappa shape index (κ1) is 23.7. The fourth-order valence-corrected chi connectivity index (χ4v) is 4.45. The van der Waals surface area contributed by atoms with Crippen molar-refractivity contribution in [1.82, 2.24) is 4.90 Å². The van der Waals surface area contributed by atoms with Crippen LogP contribution in [0.2, 0.25) is 0 Å². The van der Waals surface area contributed by atoms with Crippen LogP contribution in [0.15, 0.2) is 83.3 Å². The highest BCUT2D eigenvalue weighted by Crippen LogP contribution is 2.33. The Kier molecular flexibility index (Phi) is 7.45. The smallest absolute Gasteiger partial charge is 0.248 e. The van der Waals surface area contributed by atoms with Gasteiger partial charge in [-0.15, -0.1) is 0 Å². The minimum atomic E-state index is -0.246. The Bertz CT molecular complexity index is 1190. The van der Waals surface area contributed by atoms with Crippen molar-refractivity contribution in [2.24, 2.45) is 5.92 Å². The van der Waals surface area contributed by atoms with Crippen molar-refractivity contribution in [3.63, 3.8) is 0 Å². The molecular formula is C27H27BrN4O2. The van der Waals surface area contributed by atoms with Crippen molar-refractivity contribution >= 4 is 50.9 Å². The molecule has 1 aliphatic rings. The van der Waals surface area contributed by atoms with Crippen LogP contribution in [0.25, 0.3) is 6.08 Å². The second kappa shape index (κ2) is 10.7. The van der Waals surface area contributed by atoms with Gasteiger partial charge < -0.3 is 21.3 Å². The Hall–Kier alpha value is -3.42. The van der Waals surface area contributed by atoms with Gasteiger partial charge in [0, 0.05) is 35.2 Å². The summed E-state index contributed by atoms with van der Waals surface area (Å²) in [5.41, 5.74) is 9.79. The van der Waals surface area contributed by atoms with Crippen molar-refractivity contribution in [3.8, 4) is 0 Å². The van der Waals surface area contributed by atoms with Crippen LogP contribution in [-0.2, 0) is 9.59 Å². The van der Waals surface area contributed by atoms with E-state index in [2.05, 4.69) is 31.5 Å². The standard InChI is InChI=1S/C27H27BrN4O2/c1-32-16-22(23(17-32)27(34)30-21-13-11-20(28)12-14-21)19-9-6-18(7-10-19)8-15-26(33)31-25-5-3-2-4-24(25)29/h2-15,22-23H,16-17,29H2,1H3,(H,30,34)(H,31,33)/b15-8+. The molecule has 0 radical (unpaired) electrons. The third-order valence-corrected chi connectivity index (χ3v) is 6.49. The van der Waals surface area contributed by atoms with Crippen LogP contribution >= 0.6 is 15.9 Å². The number of amides is 2. The monoisotopic (exact) mass is 518 g/mol. The maximum Gasteiger partial charge on any atom is 0.248 e. The summed E-state index contributed by atoms with van der Waals surface area (Å²) in [6, 6.07) is 22.8. The van der Waals surface area contributed by atoms with E-state index in [1.165, 1.54) is 6.08 Å². The Balaban J connectivity index is 1.40. The molecule has 0 aliphatic carbocycles. The highest BCUT2D eigenvalue weighted by atomic mass is 79.9. The Morgan fingerprint density at radius 3 is 2.38 bits per heavy atom. The van der Waals surface area contributed by atoms with Gasteiger partial charge in [0.05, 0.1) is 17.3 Å². The molecule has 0 bridgehead atoms. The number of likely N-dealkylation sites (N-methyl/N-ethyl adjacent to an activating group) is 1. The van der Waals surface area contributed by atoms with Crippen molar-refractivity contribution < 1.29 is 9.59 Å². The average molecular weight is 519 g/mol. The molecule has 1 aliphatic heterocycles. The summed E-state index contributed by atoms with van der Waals surface area (Å²) in [5.74, 6) is -0.262. The summed E-state index contributed by atoms with van der Waals surface area (Å²) in [5, 5.41) is 5.83. The zero-order valence-corrected chi connectivity index (χ0v) is 20.5.